The highest BCUT2D eigenvalue weighted by atomic mass is 32.2. The lowest BCUT2D eigenvalue weighted by Gasteiger charge is -2.09. The van der Waals surface area contributed by atoms with Gasteiger partial charge in [-0.15, -0.1) is 0 Å². The van der Waals surface area contributed by atoms with E-state index in [1.807, 2.05) is 0 Å². The van der Waals surface area contributed by atoms with Crippen molar-refractivity contribution in [3.8, 4) is 0 Å². The second-order valence-corrected chi connectivity index (χ2v) is 6.39. The first-order valence-corrected chi connectivity index (χ1v) is 7.56. The van der Waals surface area contributed by atoms with Crippen LogP contribution in [0.1, 0.15) is 17.3 Å². The van der Waals surface area contributed by atoms with Gasteiger partial charge in [-0.1, -0.05) is 6.92 Å². The molecule has 1 aliphatic rings. The molecular formula is C12H15NO5S. The Labute approximate surface area is 111 Å². The molecule has 0 saturated carbocycles. The first kappa shape index (κ1) is 14.0. The summed E-state index contributed by atoms with van der Waals surface area (Å²) in [5.74, 6) is -0.459. The van der Waals surface area contributed by atoms with Crippen molar-refractivity contribution in [2.75, 3.05) is 18.9 Å². The summed E-state index contributed by atoms with van der Waals surface area (Å²) < 4.78 is 28.4. The molecule has 0 radical (unpaired) electrons. The Hall–Kier alpha value is -1.44. The third-order valence-electron chi connectivity index (χ3n) is 2.79. The average Bonchev–Trinajstić information content (AvgIpc) is 2.91. The number of hydrogen-bond acceptors (Lipinski definition) is 6. The van der Waals surface area contributed by atoms with E-state index in [1.54, 1.807) is 6.92 Å². The summed E-state index contributed by atoms with van der Waals surface area (Å²) in [6, 6.07) is 5.74. The van der Waals surface area contributed by atoms with Gasteiger partial charge in [0.25, 0.3) is 0 Å². The molecule has 1 aliphatic heterocycles. The normalized spacial score (nSPS) is 19.3. The zero-order valence-electron chi connectivity index (χ0n) is 10.5. The number of carbonyl (C=O) groups excluding carboxylic acids is 1. The molecule has 7 heteroatoms. The summed E-state index contributed by atoms with van der Waals surface area (Å²) in [4.78, 5) is 16.8. The molecule has 19 heavy (non-hydrogen) atoms. The number of nitrogens with one attached hydrogen (secondary N) is 1. The van der Waals surface area contributed by atoms with Crippen molar-refractivity contribution in [1.82, 2.24) is 5.48 Å². The number of ether oxygens (including phenoxy) is 1. The summed E-state index contributed by atoms with van der Waals surface area (Å²) in [6.45, 7) is 2.34. The van der Waals surface area contributed by atoms with Gasteiger partial charge in [0.2, 0.25) is 0 Å². The van der Waals surface area contributed by atoms with Crippen LogP contribution >= 0.6 is 0 Å². The van der Waals surface area contributed by atoms with E-state index >= 15 is 0 Å². The highest BCUT2D eigenvalue weighted by Crippen LogP contribution is 2.14. The zero-order chi connectivity index (χ0) is 13.9. The van der Waals surface area contributed by atoms with Crippen LogP contribution < -0.4 is 5.48 Å². The van der Waals surface area contributed by atoms with Crippen LogP contribution in [0, 0.1) is 0 Å². The third kappa shape index (κ3) is 3.31. The maximum absolute atomic E-state index is 11.8. The Bertz CT molecular complexity index is 546. The largest absolute Gasteiger partial charge is 0.455 e. The molecule has 1 saturated heterocycles. The molecule has 2 rings (SSSR count). The van der Waals surface area contributed by atoms with Gasteiger partial charge in [0.05, 0.1) is 22.8 Å². The average molecular weight is 285 g/mol. The van der Waals surface area contributed by atoms with Crippen molar-refractivity contribution in [2.24, 2.45) is 0 Å². The summed E-state index contributed by atoms with van der Waals surface area (Å²) in [5.41, 5.74) is 2.93. The molecule has 0 bridgehead atoms. The number of esters is 1. The first-order valence-electron chi connectivity index (χ1n) is 5.91. The van der Waals surface area contributed by atoms with Crippen LogP contribution in [0.25, 0.3) is 0 Å². The Kier molecular flexibility index (Phi) is 4.18. The summed E-state index contributed by atoms with van der Waals surface area (Å²) in [7, 11) is -3.25. The van der Waals surface area contributed by atoms with Gasteiger partial charge >= 0.3 is 5.97 Å². The summed E-state index contributed by atoms with van der Waals surface area (Å²) in [6.07, 6.45) is -0.313. The Balaban J connectivity index is 2.07. The fourth-order valence-electron chi connectivity index (χ4n) is 1.62. The van der Waals surface area contributed by atoms with Gasteiger partial charge in [0, 0.05) is 0 Å². The predicted octanol–water partition coefficient (Wildman–Crippen LogP) is 0.540. The molecule has 0 unspecified atom stereocenters. The number of hydroxylamine groups is 1. The fraction of sp³-hybridized carbons (Fsp3) is 0.417. The molecule has 6 nitrogen and oxygen atoms in total. The Morgan fingerprint density at radius 2 is 2.11 bits per heavy atom. The molecular weight excluding hydrogens is 270 g/mol. The Morgan fingerprint density at radius 3 is 2.63 bits per heavy atom. The minimum atomic E-state index is -3.25. The van der Waals surface area contributed by atoms with Crippen LogP contribution in [0.2, 0.25) is 0 Å². The number of carbonyl (C=O) groups is 1. The van der Waals surface area contributed by atoms with Gasteiger partial charge < -0.3 is 4.74 Å². The van der Waals surface area contributed by atoms with E-state index in [9.17, 15) is 13.2 Å². The van der Waals surface area contributed by atoms with E-state index in [4.69, 9.17) is 9.57 Å². The number of rotatable bonds is 4. The van der Waals surface area contributed by atoms with Gasteiger partial charge in [0.15, 0.2) is 9.84 Å². The van der Waals surface area contributed by atoms with E-state index < -0.39 is 15.8 Å². The molecule has 0 amide bonds. The summed E-state index contributed by atoms with van der Waals surface area (Å²) in [5, 5.41) is 0. The van der Waals surface area contributed by atoms with Gasteiger partial charge in [-0.2, -0.15) is 5.48 Å². The minimum Gasteiger partial charge on any atom is -0.455 e. The second-order valence-electron chi connectivity index (χ2n) is 4.11. The number of sulfone groups is 1. The van der Waals surface area contributed by atoms with E-state index in [0.29, 0.717) is 18.7 Å². The monoisotopic (exact) mass is 285 g/mol. The number of hydrogen-bond donors (Lipinski definition) is 1. The first-order chi connectivity index (χ1) is 9.03. The third-order valence-corrected chi connectivity index (χ3v) is 4.54. The second kappa shape index (κ2) is 5.68. The van der Waals surface area contributed by atoms with Crippen LogP contribution in [0.3, 0.4) is 0 Å². The van der Waals surface area contributed by atoms with Crippen LogP contribution in [0.4, 0.5) is 0 Å². The van der Waals surface area contributed by atoms with Crippen molar-refractivity contribution < 1.29 is 22.8 Å². The molecule has 1 heterocycles. The van der Waals surface area contributed by atoms with Gasteiger partial charge in [-0.05, 0) is 24.3 Å². The van der Waals surface area contributed by atoms with Gasteiger partial charge in [-0.3, -0.25) is 4.84 Å². The molecule has 1 N–H and O–H groups in total. The molecule has 1 atom stereocenters. The van der Waals surface area contributed by atoms with Crippen LogP contribution in [-0.4, -0.2) is 39.4 Å². The van der Waals surface area contributed by atoms with E-state index in [2.05, 4.69) is 5.48 Å². The molecule has 0 aromatic heterocycles. The van der Waals surface area contributed by atoms with Gasteiger partial charge in [-0.25, -0.2) is 13.2 Å². The molecule has 104 valence electrons. The lowest BCUT2D eigenvalue weighted by molar-refractivity contribution is 0.0254. The standard InChI is InChI=1S/C12H15NO5S/c1-2-19(15,16)11-5-3-9(4-6-11)12(14)18-10-7-13-17-8-10/h3-6,10,13H,2,7-8H2,1H3/t10-/m0/s1. The highest BCUT2D eigenvalue weighted by Gasteiger charge is 2.21. The van der Waals surface area contributed by atoms with Gasteiger partial charge in [0.1, 0.15) is 12.7 Å². The van der Waals surface area contributed by atoms with E-state index in [0.717, 1.165) is 0 Å². The molecule has 1 aromatic carbocycles. The lowest BCUT2D eigenvalue weighted by atomic mass is 10.2. The van der Waals surface area contributed by atoms with Crippen molar-refractivity contribution in [1.29, 1.82) is 0 Å². The molecule has 0 aliphatic carbocycles. The van der Waals surface area contributed by atoms with Crippen molar-refractivity contribution >= 4 is 15.8 Å². The SMILES string of the molecule is CCS(=O)(=O)c1ccc(C(=O)O[C@H]2CNOC2)cc1. The zero-order valence-corrected chi connectivity index (χ0v) is 11.3. The number of benzene rings is 1. The molecule has 1 aromatic rings. The predicted molar refractivity (Wildman–Crippen MR) is 67.3 cm³/mol. The topological polar surface area (TPSA) is 81.7 Å². The van der Waals surface area contributed by atoms with E-state index in [1.165, 1.54) is 24.3 Å². The molecule has 0 spiro atoms. The van der Waals surface area contributed by atoms with Crippen molar-refractivity contribution in [3.05, 3.63) is 29.8 Å². The fourth-order valence-corrected chi connectivity index (χ4v) is 2.51. The van der Waals surface area contributed by atoms with Crippen LogP contribution in [0.5, 0.6) is 0 Å². The molecule has 1 fully saturated rings. The van der Waals surface area contributed by atoms with E-state index in [-0.39, 0.29) is 16.8 Å². The Morgan fingerprint density at radius 1 is 1.42 bits per heavy atom. The summed E-state index contributed by atoms with van der Waals surface area (Å²) >= 11 is 0. The maximum atomic E-state index is 11.8. The minimum absolute atomic E-state index is 0.0296. The van der Waals surface area contributed by atoms with Crippen LogP contribution in [0.15, 0.2) is 29.2 Å². The smallest absolute Gasteiger partial charge is 0.338 e. The highest BCUT2D eigenvalue weighted by molar-refractivity contribution is 7.91. The lowest BCUT2D eigenvalue weighted by Crippen LogP contribution is -2.22. The van der Waals surface area contributed by atoms with Crippen molar-refractivity contribution in [2.45, 2.75) is 17.9 Å². The quantitative estimate of drug-likeness (QED) is 0.813. The van der Waals surface area contributed by atoms with Crippen molar-refractivity contribution in [3.63, 3.8) is 0 Å². The maximum Gasteiger partial charge on any atom is 0.338 e. The van der Waals surface area contributed by atoms with Crippen LogP contribution in [-0.2, 0) is 19.4 Å².